The average Bonchev–Trinajstić information content (AvgIpc) is 3.26. The van der Waals surface area contributed by atoms with Crippen LogP contribution in [0.1, 0.15) is 22.5 Å². The lowest BCUT2D eigenvalue weighted by Gasteiger charge is -2.28. The number of rotatable bonds is 7. The smallest absolute Gasteiger partial charge is 0.447 e. The maximum absolute atomic E-state index is 12.6. The molecule has 1 aromatic carbocycles. The molecule has 176 valence electrons. The van der Waals surface area contributed by atoms with Crippen LogP contribution in [0, 0.1) is 0 Å². The van der Waals surface area contributed by atoms with Gasteiger partial charge in [0, 0.05) is 11.6 Å². The molecule has 3 aromatic rings. The molecule has 1 aliphatic heterocycles. The van der Waals surface area contributed by atoms with Gasteiger partial charge in [-0.05, 0) is 6.07 Å². The first-order valence-electron chi connectivity index (χ1n) is 9.54. The van der Waals surface area contributed by atoms with Crippen LogP contribution in [-0.2, 0) is 14.2 Å². The number of alkyl halides is 3. The lowest BCUT2D eigenvalue weighted by atomic mass is 10.1. The second-order valence-corrected chi connectivity index (χ2v) is 7.10. The molecule has 0 saturated carbocycles. The predicted molar refractivity (Wildman–Crippen MR) is 104 cm³/mol. The number of carbonyl (C=O) groups is 1. The third-order valence-electron chi connectivity index (χ3n) is 4.39. The lowest BCUT2D eigenvalue weighted by Crippen LogP contribution is -2.45. The van der Waals surface area contributed by atoms with Crippen molar-refractivity contribution in [3.63, 3.8) is 0 Å². The average molecular weight is 489 g/mol. The highest BCUT2D eigenvalue weighted by atomic mass is 35.5. The van der Waals surface area contributed by atoms with Gasteiger partial charge in [0.05, 0.1) is 42.0 Å². The maximum Gasteiger partial charge on any atom is 0.522 e. The number of halogens is 4. The molecule has 14 heteroatoms. The van der Waals surface area contributed by atoms with Gasteiger partial charge in [0.25, 0.3) is 11.8 Å². The van der Waals surface area contributed by atoms with E-state index in [9.17, 15) is 18.0 Å². The number of nitrogens with zero attached hydrogens (tertiary/aromatic N) is 3. The van der Waals surface area contributed by atoms with Gasteiger partial charge in [-0.25, -0.2) is 0 Å². The van der Waals surface area contributed by atoms with Crippen LogP contribution in [0.25, 0.3) is 10.9 Å². The number of hydrogen-bond donors (Lipinski definition) is 1. The molecule has 0 unspecified atom stereocenters. The Bertz CT molecular complexity index is 1120. The Balaban J connectivity index is 1.27. The molecule has 3 heterocycles. The third-order valence-corrected chi connectivity index (χ3v) is 4.79. The molecule has 1 fully saturated rings. The minimum atomic E-state index is -4.75. The van der Waals surface area contributed by atoms with Gasteiger partial charge in [0.1, 0.15) is 6.61 Å². The van der Waals surface area contributed by atoms with E-state index in [1.165, 1.54) is 6.20 Å². The normalized spacial score (nSPS) is 18.9. The Labute approximate surface area is 188 Å². The van der Waals surface area contributed by atoms with Crippen molar-refractivity contribution in [1.29, 1.82) is 0 Å². The third kappa shape index (κ3) is 5.87. The van der Waals surface area contributed by atoms with Crippen molar-refractivity contribution in [1.82, 2.24) is 20.5 Å². The number of pyridine rings is 1. The molecule has 2 aromatic heterocycles. The predicted octanol–water partition coefficient (Wildman–Crippen LogP) is 3.03. The molecule has 0 atom stereocenters. The van der Waals surface area contributed by atoms with Crippen molar-refractivity contribution in [3.05, 3.63) is 46.9 Å². The summed E-state index contributed by atoms with van der Waals surface area (Å²) in [4.78, 5) is 16.9. The first kappa shape index (κ1) is 23.2. The van der Waals surface area contributed by atoms with Crippen LogP contribution < -0.4 is 10.1 Å². The molecule has 33 heavy (non-hydrogen) atoms. The van der Waals surface area contributed by atoms with Crippen LogP contribution in [0.4, 0.5) is 13.2 Å². The van der Waals surface area contributed by atoms with Crippen LogP contribution in [-0.4, -0.2) is 59.9 Å². The summed E-state index contributed by atoms with van der Waals surface area (Å²) < 4.78 is 60.3. The first-order valence-corrected chi connectivity index (χ1v) is 9.92. The van der Waals surface area contributed by atoms with Crippen LogP contribution in [0.2, 0.25) is 5.02 Å². The van der Waals surface area contributed by atoms with Gasteiger partial charge in [-0.2, -0.15) is 0 Å². The quantitative estimate of drug-likeness (QED) is 0.500. The molecule has 1 amide bonds. The Kier molecular flexibility index (Phi) is 6.93. The molecule has 1 N–H and O–H groups in total. The topological polar surface area (TPSA) is 118 Å². The zero-order valence-electron chi connectivity index (χ0n) is 16.7. The van der Waals surface area contributed by atoms with E-state index in [0.29, 0.717) is 10.9 Å². The van der Waals surface area contributed by atoms with E-state index in [1.54, 1.807) is 18.2 Å². The van der Waals surface area contributed by atoms with E-state index in [4.69, 9.17) is 30.2 Å². The summed E-state index contributed by atoms with van der Waals surface area (Å²) in [5, 5.41) is 10.9. The van der Waals surface area contributed by atoms with Gasteiger partial charge in [-0.1, -0.05) is 34.9 Å². The number of para-hydroxylation sites is 1. The molecule has 0 radical (unpaired) electrons. The zero-order valence-corrected chi connectivity index (χ0v) is 17.4. The largest absolute Gasteiger partial charge is 0.522 e. The van der Waals surface area contributed by atoms with Crippen molar-refractivity contribution in [3.8, 4) is 6.08 Å². The van der Waals surface area contributed by atoms with E-state index in [-0.39, 0.29) is 35.8 Å². The van der Waals surface area contributed by atoms with E-state index in [0.717, 1.165) is 0 Å². The molecule has 4 rings (SSSR count). The highest BCUT2D eigenvalue weighted by Crippen LogP contribution is 2.27. The number of fused-ring (bicyclic) bond motifs is 1. The Morgan fingerprint density at radius 1 is 1.18 bits per heavy atom. The van der Waals surface area contributed by atoms with Crippen molar-refractivity contribution in [2.75, 3.05) is 26.4 Å². The van der Waals surface area contributed by atoms with E-state index in [1.807, 2.05) is 6.07 Å². The molecule has 10 nitrogen and oxygen atoms in total. The van der Waals surface area contributed by atoms with Gasteiger partial charge >= 0.3 is 12.4 Å². The highest BCUT2D eigenvalue weighted by molar-refractivity contribution is 6.38. The fraction of sp³-hybridized carbons (Fsp3) is 0.368. The van der Waals surface area contributed by atoms with Crippen LogP contribution in [0.15, 0.2) is 34.9 Å². The van der Waals surface area contributed by atoms with Crippen molar-refractivity contribution >= 4 is 28.4 Å². The van der Waals surface area contributed by atoms with Crippen molar-refractivity contribution in [2.24, 2.45) is 0 Å². The number of nitrogens with one attached hydrogen (secondary N) is 1. The van der Waals surface area contributed by atoms with Crippen molar-refractivity contribution in [2.45, 2.75) is 18.7 Å². The molecule has 1 saturated heterocycles. The van der Waals surface area contributed by atoms with Gasteiger partial charge in [-0.3, -0.25) is 14.5 Å². The van der Waals surface area contributed by atoms with E-state index < -0.39 is 37.8 Å². The molecule has 0 bridgehead atoms. The molecular formula is C19H16ClF3N4O6. The van der Waals surface area contributed by atoms with E-state index in [2.05, 4.69) is 25.2 Å². The van der Waals surface area contributed by atoms with Gasteiger partial charge < -0.3 is 23.9 Å². The number of benzene rings is 1. The Morgan fingerprint density at radius 3 is 2.70 bits per heavy atom. The molecule has 0 spiro atoms. The first-order chi connectivity index (χ1) is 15.8. The van der Waals surface area contributed by atoms with Gasteiger partial charge in [0.2, 0.25) is 6.29 Å². The lowest BCUT2D eigenvalue weighted by molar-refractivity contribution is -0.325. The summed E-state index contributed by atoms with van der Waals surface area (Å²) in [5.74, 6) is -0.531. The van der Waals surface area contributed by atoms with Gasteiger partial charge in [-0.15, -0.1) is 18.3 Å². The number of carbonyl (C=O) groups excluding carboxylic acids is 1. The standard InChI is InChI=1S/C19H16ClF3N4O6/c20-14-11-3-1-2-4-13(11)24-7-12(14)15(28)25-10-8-30-17(31-9-10)16-26-27-18(33-16)29-5-6-32-19(21,22)23/h1-4,7,10,17H,5-6,8-9H2,(H,25,28). The molecular weight excluding hydrogens is 473 g/mol. The van der Waals surface area contributed by atoms with Crippen LogP contribution in [0.5, 0.6) is 6.08 Å². The minimum Gasteiger partial charge on any atom is -0.447 e. The molecule has 1 aliphatic rings. The second kappa shape index (κ2) is 9.87. The van der Waals surface area contributed by atoms with E-state index >= 15 is 0 Å². The number of amides is 1. The monoisotopic (exact) mass is 488 g/mol. The number of aromatic nitrogens is 3. The Morgan fingerprint density at radius 2 is 1.94 bits per heavy atom. The molecule has 0 aliphatic carbocycles. The minimum absolute atomic E-state index is 0.0625. The van der Waals surface area contributed by atoms with Crippen molar-refractivity contribution < 1.29 is 41.3 Å². The number of ether oxygens (including phenoxy) is 4. The van der Waals surface area contributed by atoms with Gasteiger partial charge in [0.15, 0.2) is 0 Å². The summed E-state index contributed by atoms with van der Waals surface area (Å²) in [7, 11) is 0. The summed E-state index contributed by atoms with van der Waals surface area (Å²) in [6.07, 6.45) is -4.75. The van der Waals surface area contributed by atoms with Crippen LogP contribution in [0.3, 0.4) is 0 Å². The summed E-state index contributed by atoms with van der Waals surface area (Å²) >= 11 is 6.36. The summed E-state index contributed by atoms with van der Waals surface area (Å²) in [6.45, 7) is -1.07. The maximum atomic E-state index is 12.6. The zero-order chi connectivity index (χ0) is 23.4. The fourth-order valence-electron chi connectivity index (χ4n) is 2.92. The SMILES string of the molecule is O=C(NC1COC(c2nnc(OCCOC(F)(F)F)o2)OC1)c1cnc2ccccc2c1Cl. The highest BCUT2D eigenvalue weighted by Gasteiger charge is 2.30. The number of hydrogen-bond acceptors (Lipinski definition) is 9. The van der Waals surface area contributed by atoms with Crippen LogP contribution >= 0.6 is 11.6 Å². The Hall–Kier alpha value is -3.00. The summed E-state index contributed by atoms with van der Waals surface area (Å²) in [5.41, 5.74) is 0.882. The fourth-order valence-corrected chi connectivity index (χ4v) is 3.21. The second-order valence-electron chi connectivity index (χ2n) is 6.72. The summed E-state index contributed by atoms with van der Waals surface area (Å²) in [6, 6.07) is 6.68.